The second-order valence-corrected chi connectivity index (χ2v) is 4.88. The van der Waals surface area contributed by atoms with Crippen molar-refractivity contribution in [1.29, 1.82) is 5.26 Å². The number of nitriles is 1. The summed E-state index contributed by atoms with van der Waals surface area (Å²) in [6.45, 7) is 0.369. The van der Waals surface area contributed by atoms with Crippen LogP contribution >= 0.6 is 0 Å². The summed E-state index contributed by atoms with van der Waals surface area (Å²) in [7, 11) is 1.30. The smallest absolute Gasteiger partial charge is 0.339 e. The Bertz CT molecular complexity index is 821. The van der Waals surface area contributed by atoms with E-state index in [9.17, 15) is 9.59 Å². The molecule has 3 rings (SSSR count). The normalized spacial score (nSPS) is 12.7. The van der Waals surface area contributed by atoms with Gasteiger partial charge in [0.05, 0.1) is 36.5 Å². The molecule has 0 saturated carbocycles. The molecule has 1 aliphatic heterocycles. The van der Waals surface area contributed by atoms with Crippen LogP contribution < -0.4 is 4.90 Å². The highest BCUT2D eigenvalue weighted by molar-refractivity contribution is 6.12. The van der Waals surface area contributed by atoms with Crippen molar-refractivity contribution in [3.63, 3.8) is 0 Å². The van der Waals surface area contributed by atoms with Crippen LogP contribution in [0.3, 0.4) is 0 Å². The van der Waals surface area contributed by atoms with E-state index >= 15 is 0 Å². The Morgan fingerprint density at radius 2 is 2.05 bits per heavy atom. The van der Waals surface area contributed by atoms with Crippen molar-refractivity contribution >= 4 is 17.6 Å². The predicted octanol–water partition coefficient (Wildman–Crippen LogP) is 2.51. The number of methoxy groups -OCH3 is 1. The van der Waals surface area contributed by atoms with Gasteiger partial charge >= 0.3 is 5.97 Å². The number of nitrogens with zero attached hydrogens (tertiary/aromatic N) is 2. The fraction of sp³-hybridized carbons (Fsp3) is 0.118. The van der Waals surface area contributed by atoms with E-state index in [4.69, 9.17) is 10.00 Å². The van der Waals surface area contributed by atoms with E-state index in [1.54, 1.807) is 42.5 Å². The molecule has 0 radical (unpaired) electrons. The van der Waals surface area contributed by atoms with Crippen LogP contribution in [0.25, 0.3) is 0 Å². The third-order valence-corrected chi connectivity index (χ3v) is 3.64. The molecule has 1 aliphatic rings. The topological polar surface area (TPSA) is 70.4 Å². The van der Waals surface area contributed by atoms with Crippen LogP contribution in [-0.4, -0.2) is 19.0 Å². The van der Waals surface area contributed by atoms with E-state index < -0.39 is 5.97 Å². The molecule has 0 aliphatic carbocycles. The molecule has 108 valence electrons. The Balaban J connectivity index is 2.05. The Morgan fingerprint density at radius 1 is 1.27 bits per heavy atom. The first-order chi connectivity index (χ1) is 10.7. The van der Waals surface area contributed by atoms with Crippen LogP contribution in [0.15, 0.2) is 42.5 Å². The lowest BCUT2D eigenvalue weighted by Gasteiger charge is -2.18. The Hall–Kier alpha value is -3.13. The summed E-state index contributed by atoms with van der Waals surface area (Å²) >= 11 is 0. The minimum atomic E-state index is -0.489. The molecule has 5 nitrogen and oxygen atoms in total. The monoisotopic (exact) mass is 292 g/mol. The largest absolute Gasteiger partial charge is 0.465 e. The van der Waals surface area contributed by atoms with Gasteiger partial charge < -0.3 is 9.64 Å². The maximum Gasteiger partial charge on any atom is 0.339 e. The lowest BCUT2D eigenvalue weighted by atomic mass is 10.1. The molecule has 0 N–H and O–H groups in total. The minimum absolute atomic E-state index is 0.219. The van der Waals surface area contributed by atoms with E-state index in [1.807, 2.05) is 6.07 Å². The number of hydrogen-bond donors (Lipinski definition) is 0. The molecule has 0 saturated heterocycles. The van der Waals surface area contributed by atoms with Gasteiger partial charge in [-0.05, 0) is 29.8 Å². The maximum absolute atomic E-state index is 12.6. The molecule has 1 amide bonds. The quantitative estimate of drug-likeness (QED) is 0.797. The standard InChI is InChI=1S/C17H12N2O3/c1-22-17(21)13-4-2-3-5-15(13)19-10-12-7-6-11(9-18)8-14(12)16(19)20/h2-8H,10H2,1H3. The number of para-hydroxylation sites is 1. The molecule has 0 unspecified atom stereocenters. The molecule has 0 atom stereocenters. The van der Waals surface area contributed by atoms with Crippen LogP contribution in [0.1, 0.15) is 31.8 Å². The highest BCUT2D eigenvalue weighted by Crippen LogP contribution is 2.31. The van der Waals surface area contributed by atoms with Gasteiger partial charge in [0, 0.05) is 5.56 Å². The van der Waals surface area contributed by atoms with E-state index in [2.05, 4.69) is 0 Å². The zero-order valence-corrected chi connectivity index (χ0v) is 11.9. The predicted molar refractivity (Wildman–Crippen MR) is 79.5 cm³/mol. The summed E-state index contributed by atoms with van der Waals surface area (Å²) in [4.78, 5) is 26.0. The number of benzene rings is 2. The number of hydrogen-bond acceptors (Lipinski definition) is 4. The summed E-state index contributed by atoms with van der Waals surface area (Å²) in [5.41, 5.74) is 2.62. The first-order valence-corrected chi connectivity index (χ1v) is 6.68. The average Bonchev–Trinajstić information content (AvgIpc) is 2.90. The first kappa shape index (κ1) is 13.8. The summed E-state index contributed by atoms with van der Waals surface area (Å²) in [5, 5.41) is 8.95. The number of fused-ring (bicyclic) bond motifs is 1. The first-order valence-electron chi connectivity index (χ1n) is 6.68. The molecule has 5 heteroatoms. The molecule has 0 spiro atoms. The molecule has 0 bridgehead atoms. The van der Waals surface area contributed by atoms with Crippen LogP contribution in [0.4, 0.5) is 5.69 Å². The second-order valence-electron chi connectivity index (χ2n) is 4.88. The fourth-order valence-electron chi connectivity index (χ4n) is 2.56. The van der Waals surface area contributed by atoms with Gasteiger partial charge in [-0.2, -0.15) is 5.26 Å². The number of ether oxygens (including phenoxy) is 1. The van der Waals surface area contributed by atoms with Gasteiger partial charge in [-0.25, -0.2) is 4.79 Å². The molecular weight excluding hydrogens is 280 g/mol. The SMILES string of the molecule is COC(=O)c1ccccc1N1Cc2ccc(C#N)cc2C1=O. The van der Waals surface area contributed by atoms with Crippen molar-refractivity contribution < 1.29 is 14.3 Å². The third kappa shape index (κ3) is 2.11. The van der Waals surface area contributed by atoms with Crippen LogP contribution in [0.2, 0.25) is 0 Å². The van der Waals surface area contributed by atoms with Crippen molar-refractivity contribution in [2.75, 3.05) is 12.0 Å². The van der Waals surface area contributed by atoms with Crippen LogP contribution in [0.5, 0.6) is 0 Å². The summed E-state index contributed by atoms with van der Waals surface area (Å²) < 4.78 is 4.77. The summed E-state index contributed by atoms with van der Waals surface area (Å²) in [6, 6.07) is 13.9. The number of rotatable bonds is 2. The zero-order chi connectivity index (χ0) is 15.7. The second kappa shape index (κ2) is 5.34. The zero-order valence-electron chi connectivity index (χ0n) is 11.9. The van der Waals surface area contributed by atoms with Gasteiger partial charge in [-0.15, -0.1) is 0 Å². The lowest BCUT2D eigenvalue weighted by Crippen LogP contribution is -2.25. The lowest BCUT2D eigenvalue weighted by molar-refractivity contribution is 0.0601. The Labute approximate surface area is 127 Å². The van der Waals surface area contributed by atoms with Crippen molar-refractivity contribution in [2.45, 2.75) is 6.54 Å². The van der Waals surface area contributed by atoms with Gasteiger partial charge in [-0.1, -0.05) is 18.2 Å². The highest BCUT2D eigenvalue weighted by atomic mass is 16.5. The van der Waals surface area contributed by atoms with Crippen LogP contribution in [0, 0.1) is 11.3 Å². The van der Waals surface area contributed by atoms with E-state index in [1.165, 1.54) is 12.0 Å². The van der Waals surface area contributed by atoms with Gasteiger partial charge in [0.1, 0.15) is 0 Å². The number of esters is 1. The van der Waals surface area contributed by atoms with Crippen molar-refractivity contribution in [1.82, 2.24) is 0 Å². The van der Waals surface area contributed by atoms with Crippen LogP contribution in [-0.2, 0) is 11.3 Å². The number of amides is 1. The van der Waals surface area contributed by atoms with Gasteiger partial charge in [0.15, 0.2) is 0 Å². The molecule has 0 fully saturated rings. The van der Waals surface area contributed by atoms with Crippen molar-refractivity contribution in [3.8, 4) is 6.07 Å². The van der Waals surface area contributed by atoms with E-state index in [0.717, 1.165) is 5.56 Å². The average molecular weight is 292 g/mol. The van der Waals surface area contributed by atoms with E-state index in [-0.39, 0.29) is 5.91 Å². The number of carbonyl (C=O) groups is 2. The Kier molecular flexibility index (Phi) is 3.36. The Morgan fingerprint density at radius 3 is 2.77 bits per heavy atom. The minimum Gasteiger partial charge on any atom is -0.465 e. The third-order valence-electron chi connectivity index (χ3n) is 3.64. The summed E-state index contributed by atoms with van der Waals surface area (Å²) in [6.07, 6.45) is 0. The van der Waals surface area contributed by atoms with Crippen molar-refractivity contribution in [3.05, 3.63) is 64.7 Å². The molecule has 1 heterocycles. The fourth-order valence-corrected chi connectivity index (χ4v) is 2.56. The van der Waals surface area contributed by atoms with Gasteiger partial charge in [0.25, 0.3) is 5.91 Å². The molecule has 2 aromatic rings. The molecule has 2 aromatic carbocycles. The van der Waals surface area contributed by atoms with Gasteiger partial charge in [-0.3, -0.25) is 4.79 Å². The van der Waals surface area contributed by atoms with Gasteiger partial charge in [0.2, 0.25) is 0 Å². The number of anilines is 1. The van der Waals surface area contributed by atoms with Crippen molar-refractivity contribution in [2.24, 2.45) is 0 Å². The maximum atomic E-state index is 12.6. The molecule has 0 aromatic heterocycles. The molecular formula is C17H12N2O3. The number of carbonyl (C=O) groups excluding carboxylic acids is 2. The summed E-state index contributed by atoms with van der Waals surface area (Å²) in [5.74, 6) is -0.708. The molecule has 22 heavy (non-hydrogen) atoms. The highest BCUT2D eigenvalue weighted by Gasteiger charge is 2.31. The van der Waals surface area contributed by atoms with E-state index in [0.29, 0.717) is 28.9 Å².